The van der Waals surface area contributed by atoms with Crippen LogP contribution in [-0.2, 0) is 9.59 Å². The predicted octanol–water partition coefficient (Wildman–Crippen LogP) is 1.32. The molecule has 0 aliphatic rings. The highest BCUT2D eigenvalue weighted by Crippen LogP contribution is 2.47. The molecular weight excluding hydrogens is 625 g/mol. The van der Waals surface area contributed by atoms with E-state index in [1.807, 2.05) is 36.4 Å². The zero-order valence-electron chi connectivity index (χ0n) is 26.8. The zero-order valence-corrected chi connectivity index (χ0v) is 30.1. The second kappa shape index (κ2) is 20.0. The highest BCUT2D eigenvalue weighted by atomic mass is 35.5. The summed E-state index contributed by atoms with van der Waals surface area (Å²) in [6, 6.07) is 11.1. The van der Waals surface area contributed by atoms with Gasteiger partial charge in [0.25, 0.3) is 0 Å². The number of methoxy groups -OCH3 is 2. The highest BCUT2D eigenvalue weighted by Gasteiger charge is 2.17. The summed E-state index contributed by atoms with van der Waals surface area (Å²) in [4.78, 5) is 24.8. The third-order valence-electron chi connectivity index (χ3n) is 6.11. The van der Waals surface area contributed by atoms with Gasteiger partial charge >= 0.3 is 0 Å². The molecule has 240 valence electrons. The van der Waals surface area contributed by atoms with E-state index in [0.717, 1.165) is 24.0 Å². The molecule has 0 bridgehead atoms. The molecule has 0 saturated heterocycles. The second-order valence-corrected chi connectivity index (χ2v) is 22.1. The van der Waals surface area contributed by atoms with E-state index in [-0.39, 0.29) is 42.8 Å². The first-order chi connectivity index (χ1) is 19.3. The van der Waals surface area contributed by atoms with E-state index in [4.69, 9.17) is 18.9 Å². The molecule has 0 fully saturated rings. The van der Waals surface area contributed by atoms with E-state index >= 15 is 0 Å². The lowest BCUT2D eigenvalue weighted by molar-refractivity contribution is -0.121. The van der Waals surface area contributed by atoms with Crippen molar-refractivity contribution in [2.45, 2.75) is 19.3 Å². The van der Waals surface area contributed by atoms with Gasteiger partial charge in [-0.25, -0.2) is 0 Å². The SMILES string of the molecule is COc1cc(/C=C/C(=O)CC(=O)/C=C/c2ccc(OCCC[P+](C)(C)C)c(OC)c2)ccc1OCCC[P+](C)(C)C.[Cl-].[Cl-]. The summed E-state index contributed by atoms with van der Waals surface area (Å²) in [6.07, 6.45) is 10.4. The molecule has 0 spiro atoms. The molecule has 43 heavy (non-hydrogen) atoms. The molecule has 6 nitrogen and oxygen atoms in total. The van der Waals surface area contributed by atoms with Gasteiger partial charge < -0.3 is 43.8 Å². The number of allylic oxidation sites excluding steroid dienone is 2. The minimum Gasteiger partial charge on any atom is -1.00 e. The first-order valence-electron chi connectivity index (χ1n) is 13.9. The fourth-order valence-corrected chi connectivity index (χ4v) is 6.08. The van der Waals surface area contributed by atoms with Gasteiger partial charge in [-0.3, -0.25) is 9.59 Å². The van der Waals surface area contributed by atoms with Gasteiger partial charge in [-0.2, -0.15) is 0 Å². The average molecular weight is 674 g/mol. The van der Waals surface area contributed by atoms with Gasteiger partial charge in [-0.05, 0) is 47.5 Å². The van der Waals surface area contributed by atoms with E-state index in [9.17, 15) is 9.59 Å². The lowest BCUT2D eigenvalue weighted by Crippen LogP contribution is -3.00. The summed E-state index contributed by atoms with van der Waals surface area (Å²) in [5, 5.41) is 0. The third kappa shape index (κ3) is 17.1. The molecule has 2 rings (SSSR count). The van der Waals surface area contributed by atoms with Gasteiger partial charge in [-0.15, -0.1) is 0 Å². The first-order valence-corrected chi connectivity index (χ1v) is 20.6. The van der Waals surface area contributed by atoms with Crippen molar-refractivity contribution in [2.75, 3.05) is 79.7 Å². The van der Waals surface area contributed by atoms with Crippen molar-refractivity contribution in [3.63, 3.8) is 0 Å². The lowest BCUT2D eigenvalue weighted by atomic mass is 10.1. The maximum atomic E-state index is 12.4. The maximum absolute atomic E-state index is 12.4. The monoisotopic (exact) mass is 672 g/mol. The van der Waals surface area contributed by atoms with Gasteiger partial charge in [-0.1, -0.05) is 24.3 Å². The van der Waals surface area contributed by atoms with Crippen LogP contribution in [-0.4, -0.2) is 91.3 Å². The Kier molecular flexibility index (Phi) is 19.1. The summed E-state index contributed by atoms with van der Waals surface area (Å²) >= 11 is 0. The number of rotatable bonds is 18. The molecule has 0 unspecified atom stereocenters. The largest absolute Gasteiger partial charge is 1.00 e. The molecule has 0 aromatic heterocycles. The van der Waals surface area contributed by atoms with Crippen LogP contribution in [0.3, 0.4) is 0 Å². The fraction of sp³-hybridized carbons (Fsp3) is 0.455. The van der Waals surface area contributed by atoms with Crippen LogP contribution in [0.4, 0.5) is 0 Å². The first kappa shape index (κ1) is 40.9. The highest BCUT2D eigenvalue weighted by molar-refractivity contribution is 7.74. The van der Waals surface area contributed by atoms with Gasteiger partial charge in [0.15, 0.2) is 34.6 Å². The van der Waals surface area contributed by atoms with Crippen molar-refractivity contribution in [1.82, 2.24) is 0 Å². The molecule has 10 heteroatoms. The van der Waals surface area contributed by atoms with Gasteiger partial charge in [0.1, 0.15) is 0 Å². The molecule has 0 aliphatic heterocycles. The Hall–Kier alpha value is -2.10. The topological polar surface area (TPSA) is 71.1 Å². The number of halogens is 2. The Morgan fingerprint density at radius 2 is 1.00 bits per heavy atom. The second-order valence-electron chi connectivity index (χ2n) is 12.0. The molecule has 0 atom stereocenters. The molecule has 0 heterocycles. The van der Waals surface area contributed by atoms with E-state index in [0.29, 0.717) is 36.2 Å². The summed E-state index contributed by atoms with van der Waals surface area (Å²) in [5.41, 5.74) is 1.58. The van der Waals surface area contributed by atoms with Crippen LogP contribution in [0.15, 0.2) is 48.6 Å². The van der Waals surface area contributed by atoms with Crippen LogP contribution < -0.4 is 43.8 Å². The van der Waals surface area contributed by atoms with Crippen LogP contribution >= 0.6 is 14.5 Å². The van der Waals surface area contributed by atoms with Crippen LogP contribution in [0.1, 0.15) is 30.4 Å². The normalized spacial score (nSPS) is 11.5. The summed E-state index contributed by atoms with van der Waals surface area (Å²) in [5.74, 6) is 2.04. The number of carbonyl (C=O) groups is 2. The van der Waals surface area contributed by atoms with Gasteiger partial charge in [0.05, 0.1) is 46.2 Å². The number of ether oxygens (including phenoxy) is 4. The standard InChI is InChI=1S/C33H48O6P2.2ClH/c1-36-32-23-26(13-17-30(32)38-19-9-21-40(3,4)5)11-15-28(34)25-29(35)16-12-27-14-18-31(33(24-27)37-2)39-20-10-22-41(6,7)8;;/h11-18,23-24H,9-10,19-22,25H2,1-8H3;2*1H/q+2;;/p-2/b15-11+,16-12+;;. The Morgan fingerprint density at radius 1 is 0.628 bits per heavy atom. The molecule has 0 saturated carbocycles. The molecule has 0 radical (unpaired) electrons. The van der Waals surface area contributed by atoms with Gasteiger partial charge in [0.2, 0.25) is 0 Å². The quantitative estimate of drug-likeness (QED) is 0.103. The third-order valence-corrected chi connectivity index (χ3v) is 9.42. The summed E-state index contributed by atoms with van der Waals surface area (Å²) < 4.78 is 22.8. The molecule has 0 N–H and O–H groups in total. The Morgan fingerprint density at radius 3 is 1.33 bits per heavy atom. The minimum absolute atomic E-state index is 0. The fourth-order valence-electron chi connectivity index (χ4n) is 3.92. The van der Waals surface area contributed by atoms with Crippen LogP contribution in [0, 0.1) is 0 Å². The van der Waals surface area contributed by atoms with Crippen LogP contribution in [0.5, 0.6) is 23.0 Å². The minimum atomic E-state index is -0.816. The molecule has 2 aromatic carbocycles. The summed E-state index contributed by atoms with van der Waals surface area (Å²) in [6.45, 7) is 15.2. The number of hydrogen-bond donors (Lipinski definition) is 0. The van der Waals surface area contributed by atoms with E-state index in [1.54, 1.807) is 26.4 Å². The van der Waals surface area contributed by atoms with E-state index in [1.165, 1.54) is 24.5 Å². The predicted molar refractivity (Wildman–Crippen MR) is 178 cm³/mol. The molecular formula is C33H48Cl2O6P2. The molecule has 0 aliphatic carbocycles. The molecule has 0 amide bonds. The number of carbonyl (C=O) groups excluding carboxylic acids is 2. The Balaban J connectivity index is 0.00000882. The van der Waals surface area contributed by atoms with Crippen molar-refractivity contribution in [3.05, 3.63) is 59.7 Å². The van der Waals surface area contributed by atoms with Crippen molar-refractivity contribution in [1.29, 1.82) is 0 Å². The maximum Gasteiger partial charge on any atom is 0.163 e. The van der Waals surface area contributed by atoms with Gasteiger partial charge in [0, 0.05) is 67.4 Å². The van der Waals surface area contributed by atoms with Crippen molar-refractivity contribution < 1.29 is 53.4 Å². The van der Waals surface area contributed by atoms with E-state index < -0.39 is 14.5 Å². The average Bonchev–Trinajstić information content (AvgIpc) is 2.90. The lowest BCUT2D eigenvalue weighted by Gasteiger charge is -2.14. The summed E-state index contributed by atoms with van der Waals surface area (Å²) in [7, 11) is 1.56. The van der Waals surface area contributed by atoms with E-state index in [2.05, 4.69) is 40.0 Å². The Labute approximate surface area is 272 Å². The van der Waals surface area contributed by atoms with Crippen LogP contribution in [0.2, 0.25) is 0 Å². The van der Waals surface area contributed by atoms with Crippen molar-refractivity contribution in [3.8, 4) is 23.0 Å². The number of ketones is 2. The zero-order chi connectivity index (χ0) is 30.5. The molecule has 2 aromatic rings. The Bertz CT molecular complexity index is 1120. The van der Waals surface area contributed by atoms with Crippen molar-refractivity contribution >= 4 is 38.2 Å². The van der Waals surface area contributed by atoms with Crippen LogP contribution in [0.25, 0.3) is 12.2 Å². The number of benzene rings is 2. The van der Waals surface area contributed by atoms with Crippen molar-refractivity contribution in [2.24, 2.45) is 0 Å². The smallest absolute Gasteiger partial charge is 0.163 e. The number of hydrogen-bond acceptors (Lipinski definition) is 6.